The lowest BCUT2D eigenvalue weighted by atomic mass is 10.2. The van der Waals surface area contributed by atoms with Crippen LogP contribution < -0.4 is 10.2 Å². The number of anilines is 2. The Morgan fingerprint density at radius 2 is 2.22 bits per heavy atom. The Kier molecular flexibility index (Phi) is 4.33. The van der Waals surface area contributed by atoms with Crippen LogP contribution in [-0.2, 0) is 6.54 Å². The fourth-order valence-corrected chi connectivity index (χ4v) is 2.91. The van der Waals surface area contributed by atoms with E-state index in [0.717, 1.165) is 18.2 Å². The van der Waals surface area contributed by atoms with Crippen molar-refractivity contribution in [2.24, 2.45) is 0 Å². The van der Waals surface area contributed by atoms with Crippen LogP contribution in [0.4, 0.5) is 10.8 Å². The monoisotopic (exact) mass is 261 g/mol. The van der Waals surface area contributed by atoms with Gasteiger partial charge in [0, 0.05) is 29.9 Å². The molecule has 0 aliphatic carbocycles. The van der Waals surface area contributed by atoms with Crippen LogP contribution in [-0.4, -0.2) is 18.6 Å². The van der Waals surface area contributed by atoms with Gasteiger partial charge in [0.05, 0.1) is 0 Å². The summed E-state index contributed by atoms with van der Waals surface area (Å²) in [6.07, 6.45) is 1.95. The summed E-state index contributed by atoms with van der Waals surface area (Å²) in [6, 6.07) is 8.54. The first-order chi connectivity index (χ1) is 8.74. The van der Waals surface area contributed by atoms with E-state index in [0.29, 0.717) is 0 Å². The van der Waals surface area contributed by atoms with E-state index in [-0.39, 0.29) is 0 Å². The van der Waals surface area contributed by atoms with Crippen molar-refractivity contribution in [2.45, 2.75) is 20.4 Å². The van der Waals surface area contributed by atoms with Gasteiger partial charge in [0.1, 0.15) is 0 Å². The summed E-state index contributed by atoms with van der Waals surface area (Å²) in [4.78, 5) is 8.03. The number of aryl methyl sites for hydroxylation is 1. The fourth-order valence-electron chi connectivity index (χ4n) is 1.90. The third-order valence-corrected chi connectivity index (χ3v) is 3.77. The van der Waals surface area contributed by atoms with Crippen LogP contribution in [0, 0.1) is 6.92 Å². The molecule has 1 N–H and O–H groups in total. The quantitative estimate of drug-likeness (QED) is 0.895. The number of thiazole rings is 1. The molecule has 0 fully saturated rings. The van der Waals surface area contributed by atoms with Crippen molar-refractivity contribution < 1.29 is 0 Å². The minimum Gasteiger partial charge on any atom is -0.318 e. The Hall–Kier alpha value is -1.39. The average molecular weight is 261 g/mol. The second kappa shape index (κ2) is 5.98. The zero-order chi connectivity index (χ0) is 13.0. The van der Waals surface area contributed by atoms with Crippen molar-refractivity contribution in [2.75, 3.05) is 18.5 Å². The number of rotatable bonds is 5. The van der Waals surface area contributed by atoms with E-state index in [1.807, 2.05) is 13.2 Å². The lowest BCUT2D eigenvalue weighted by molar-refractivity contribution is 0.829. The number of hydrogen-bond acceptors (Lipinski definition) is 4. The van der Waals surface area contributed by atoms with Gasteiger partial charge < -0.3 is 10.2 Å². The molecule has 96 valence electrons. The van der Waals surface area contributed by atoms with E-state index in [2.05, 4.69) is 53.3 Å². The number of aromatic nitrogens is 1. The molecular formula is C14H19N3S. The first kappa shape index (κ1) is 13.1. The Morgan fingerprint density at radius 1 is 1.39 bits per heavy atom. The highest BCUT2D eigenvalue weighted by molar-refractivity contribution is 7.15. The third-order valence-electron chi connectivity index (χ3n) is 2.75. The Bertz CT molecular complexity index is 507. The van der Waals surface area contributed by atoms with Gasteiger partial charge in [-0.1, -0.05) is 12.1 Å². The normalized spacial score (nSPS) is 10.6. The van der Waals surface area contributed by atoms with Crippen molar-refractivity contribution in [3.8, 4) is 0 Å². The second-order valence-electron chi connectivity index (χ2n) is 4.22. The second-order valence-corrected chi connectivity index (χ2v) is 5.32. The van der Waals surface area contributed by atoms with E-state index in [1.165, 1.54) is 16.1 Å². The van der Waals surface area contributed by atoms with Gasteiger partial charge in [-0.3, -0.25) is 0 Å². The lowest BCUT2D eigenvalue weighted by Crippen LogP contribution is -2.15. The highest BCUT2D eigenvalue weighted by Gasteiger charge is 2.11. The van der Waals surface area contributed by atoms with E-state index in [1.54, 1.807) is 11.3 Å². The summed E-state index contributed by atoms with van der Waals surface area (Å²) in [5, 5.41) is 4.22. The molecule has 18 heavy (non-hydrogen) atoms. The molecule has 0 atom stereocenters. The first-order valence-electron chi connectivity index (χ1n) is 6.18. The summed E-state index contributed by atoms with van der Waals surface area (Å²) in [7, 11) is 1.96. The van der Waals surface area contributed by atoms with E-state index < -0.39 is 0 Å². The van der Waals surface area contributed by atoms with E-state index in [4.69, 9.17) is 0 Å². The maximum absolute atomic E-state index is 4.52. The Labute approximate surface area is 112 Å². The van der Waals surface area contributed by atoms with E-state index in [9.17, 15) is 0 Å². The van der Waals surface area contributed by atoms with Gasteiger partial charge in [-0.2, -0.15) is 0 Å². The van der Waals surface area contributed by atoms with Gasteiger partial charge >= 0.3 is 0 Å². The van der Waals surface area contributed by atoms with Crippen LogP contribution in [0.3, 0.4) is 0 Å². The van der Waals surface area contributed by atoms with Crippen LogP contribution in [0.2, 0.25) is 0 Å². The minimum absolute atomic E-state index is 0.878. The first-order valence-corrected chi connectivity index (χ1v) is 6.99. The molecule has 4 heteroatoms. The fraction of sp³-hybridized carbons (Fsp3) is 0.357. The number of nitrogens with one attached hydrogen (secondary N) is 1. The standard InChI is InChI=1S/C14H19N3S/c1-4-17(12-7-5-6-11(2)8-12)14-16-10-13(18-14)9-15-3/h5-8,10,15H,4,9H2,1-3H3. The topological polar surface area (TPSA) is 28.2 Å². The van der Waals surface area contributed by atoms with Crippen LogP contribution in [0.15, 0.2) is 30.5 Å². The maximum atomic E-state index is 4.52. The number of benzene rings is 1. The molecule has 0 saturated heterocycles. The molecular weight excluding hydrogens is 242 g/mol. The van der Waals surface area contributed by atoms with Gasteiger partial charge in [-0.15, -0.1) is 11.3 Å². The smallest absolute Gasteiger partial charge is 0.190 e. The summed E-state index contributed by atoms with van der Waals surface area (Å²) < 4.78 is 0. The SMILES string of the molecule is CCN(c1cccc(C)c1)c1ncc(CNC)s1. The summed E-state index contributed by atoms with van der Waals surface area (Å²) in [5.74, 6) is 0. The molecule has 1 aromatic heterocycles. The van der Waals surface area contributed by atoms with Gasteiger partial charge in [-0.25, -0.2) is 4.98 Å². The molecule has 1 aromatic carbocycles. The Morgan fingerprint density at radius 3 is 2.89 bits per heavy atom. The van der Waals surface area contributed by atoms with Gasteiger partial charge in [0.2, 0.25) is 0 Å². The van der Waals surface area contributed by atoms with Gasteiger partial charge in [0.15, 0.2) is 5.13 Å². The molecule has 0 bridgehead atoms. The van der Waals surface area contributed by atoms with Crippen LogP contribution in [0.1, 0.15) is 17.4 Å². The molecule has 3 nitrogen and oxygen atoms in total. The minimum atomic E-state index is 0.878. The zero-order valence-corrected chi connectivity index (χ0v) is 11.9. The highest BCUT2D eigenvalue weighted by Crippen LogP contribution is 2.29. The van der Waals surface area contributed by atoms with Gasteiger partial charge in [-0.05, 0) is 38.6 Å². The number of hydrogen-bond donors (Lipinski definition) is 1. The molecule has 0 unspecified atom stereocenters. The van der Waals surface area contributed by atoms with E-state index >= 15 is 0 Å². The summed E-state index contributed by atoms with van der Waals surface area (Å²) >= 11 is 1.74. The van der Waals surface area contributed by atoms with Crippen LogP contribution in [0.5, 0.6) is 0 Å². The van der Waals surface area contributed by atoms with Crippen LogP contribution >= 0.6 is 11.3 Å². The molecule has 0 spiro atoms. The third kappa shape index (κ3) is 2.89. The lowest BCUT2D eigenvalue weighted by Gasteiger charge is -2.20. The predicted octanol–water partition coefficient (Wildman–Crippen LogP) is 3.33. The molecule has 0 aliphatic heterocycles. The molecule has 2 rings (SSSR count). The molecule has 0 amide bonds. The maximum Gasteiger partial charge on any atom is 0.190 e. The number of nitrogens with zero attached hydrogens (tertiary/aromatic N) is 2. The Balaban J connectivity index is 2.27. The van der Waals surface area contributed by atoms with Gasteiger partial charge in [0.25, 0.3) is 0 Å². The molecule has 0 radical (unpaired) electrons. The highest BCUT2D eigenvalue weighted by atomic mass is 32.1. The molecule has 1 heterocycles. The van der Waals surface area contributed by atoms with Crippen molar-refractivity contribution >= 4 is 22.2 Å². The average Bonchev–Trinajstić information content (AvgIpc) is 2.79. The summed E-state index contributed by atoms with van der Waals surface area (Å²) in [5.41, 5.74) is 2.49. The zero-order valence-electron chi connectivity index (χ0n) is 11.1. The van der Waals surface area contributed by atoms with Crippen molar-refractivity contribution in [3.05, 3.63) is 40.9 Å². The van der Waals surface area contributed by atoms with Crippen molar-refractivity contribution in [1.29, 1.82) is 0 Å². The van der Waals surface area contributed by atoms with Crippen LogP contribution in [0.25, 0.3) is 0 Å². The summed E-state index contributed by atoms with van der Waals surface area (Å²) in [6.45, 7) is 6.08. The predicted molar refractivity (Wildman–Crippen MR) is 78.7 cm³/mol. The van der Waals surface area contributed by atoms with Crippen molar-refractivity contribution in [3.63, 3.8) is 0 Å². The molecule has 0 saturated carbocycles. The molecule has 2 aromatic rings. The molecule has 0 aliphatic rings. The largest absolute Gasteiger partial charge is 0.318 e. The van der Waals surface area contributed by atoms with Crippen molar-refractivity contribution in [1.82, 2.24) is 10.3 Å².